The molecule has 0 radical (unpaired) electrons. The van der Waals surface area contributed by atoms with Gasteiger partial charge in [-0.3, -0.25) is 9.52 Å². The zero-order chi connectivity index (χ0) is 26.4. The maximum absolute atomic E-state index is 13.4. The molecule has 3 aromatic carbocycles. The summed E-state index contributed by atoms with van der Waals surface area (Å²) in [4.78, 5) is 18.0. The number of methoxy groups -OCH3 is 1. The number of carbonyl (C=O) groups is 1. The van der Waals surface area contributed by atoms with Gasteiger partial charge in [-0.2, -0.15) is 0 Å². The average molecular weight is 536 g/mol. The standard InChI is InChI=1S/C28H29N3O4S2/c1-30(2)26-16-11-23(29-37(33,34)25-14-12-24(35-3)13-15-25)18-22(26)20-31(19-21-8-5-4-6-9-21)28(32)27-10-7-17-36-27/h4-18,29H,19-20H2,1-3H3. The molecule has 192 valence electrons. The zero-order valence-electron chi connectivity index (χ0n) is 20.9. The van der Waals surface area contributed by atoms with Crippen LogP contribution in [0, 0.1) is 0 Å². The molecule has 0 aliphatic rings. The summed E-state index contributed by atoms with van der Waals surface area (Å²) >= 11 is 1.40. The number of hydrogen-bond acceptors (Lipinski definition) is 6. The van der Waals surface area contributed by atoms with E-state index in [1.807, 2.05) is 72.9 Å². The molecule has 4 rings (SSSR count). The van der Waals surface area contributed by atoms with Crippen LogP contribution in [0.2, 0.25) is 0 Å². The predicted molar refractivity (Wildman–Crippen MR) is 149 cm³/mol. The van der Waals surface area contributed by atoms with Crippen molar-refractivity contribution in [3.63, 3.8) is 0 Å². The number of nitrogens with one attached hydrogen (secondary N) is 1. The van der Waals surface area contributed by atoms with Gasteiger partial charge in [0.15, 0.2) is 0 Å². The Balaban J connectivity index is 1.66. The Bertz CT molecular complexity index is 1440. The first-order chi connectivity index (χ1) is 17.8. The van der Waals surface area contributed by atoms with Gasteiger partial charge >= 0.3 is 0 Å². The maximum Gasteiger partial charge on any atom is 0.264 e. The van der Waals surface area contributed by atoms with Gasteiger partial charge < -0.3 is 14.5 Å². The molecule has 1 aromatic heterocycles. The molecule has 37 heavy (non-hydrogen) atoms. The largest absolute Gasteiger partial charge is 0.497 e. The Morgan fingerprint density at radius 3 is 2.27 bits per heavy atom. The molecule has 0 spiro atoms. The third-order valence-electron chi connectivity index (χ3n) is 5.78. The van der Waals surface area contributed by atoms with Gasteiger partial charge in [0.1, 0.15) is 5.75 Å². The highest BCUT2D eigenvalue weighted by molar-refractivity contribution is 7.92. The van der Waals surface area contributed by atoms with Crippen molar-refractivity contribution >= 4 is 38.6 Å². The van der Waals surface area contributed by atoms with Crippen LogP contribution in [0.4, 0.5) is 11.4 Å². The molecular weight excluding hydrogens is 506 g/mol. The van der Waals surface area contributed by atoms with Gasteiger partial charge in [0, 0.05) is 38.6 Å². The Kier molecular flexibility index (Phi) is 8.15. The van der Waals surface area contributed by atoms with Crippen molar-refractivity contribution in [3.8, 4) is 5.75 Å². The van der Waals surface area contributed by atoms with Crippen LogP contribution < -0.4 is 14.4 Å². The molecule has 0 saturated carbocycles. The number of carbonyl (C=O) groups excluding carboxylic acids is 1. The fraction of sp³-hybridized carbons (Fsp3) is 0.179. The third-order valence-corrected chi connectivity index (χ3v) is 8.03. The summed E-state index contributed by atoms with van der Waals surface area (Å²) in [6.07, 6.45) is 0. The summed E-state index contributed by atoms with van der Waals surface area (Å²) in [7, 11) is 1.55. The minimum absolute atomic E-state index is 0.0761. The van der Waals surface area contributed by atoms with Crippen LogP contribution in [0.1, 0.15) is 20.8 Å². The number of amides is 1. The van der Waals surface area contributed by atoms with E-state index in [0.717, 1.165) is 16.8 Å². The third kappa shape index (κ3) is 6.49. The minimum atomic E-state index is -3.82. The van der Waals surface area contributed by atoms with Crippen molar-refractivity contribution in [1.29, 1.82) is 0 Å². The fourth-order valence-corrected chi connectivity index (χ4v) is 5.69. The molecule has 0 unspecified atom stereocenters. The molecule has 0 aliphatic heterocycles. The predicted octanol–water partition coefficient (Wildman–Crippen LogP) is 5.47. The quantitative estimate of drug-likeness (QED) is 0.292. The summed E-state index contributed by atoms with van der Waals surface area (Å²) in [5.41, 5.74) is 3.14. The second kappa shape index (κ2) is 11.5. The lowest BCUT2D eigenvalue weighted by Gasteiger charge is -2.26. The number of benzene rings is 3. The van der Waals surface area contributed by atoms with Gasteiger partial charge in [-0.25, -0.2) is 8.42 Å². The van der Waals surface area contributed by atoms with Gasteiger partial charge in [0.2, 0.25) is 0 Å². The monoisotopic (exact) mass is 535 g/mol. The molecule has 1 N–H and O–H groups in total. The van der Waals surface area contributed by atoms with Crippen molar-refractivity contribution in [2.45, 2.75) is 18.0 Å². The van der Waals surface area contributed by atoms with Crippen LogP contribution in [0.5, 0.6) is 5.75 Å². The number of anilines is 2. The summed E-state index contributed by atoms with van der Waals surface area (Å²) < 4.78 is 33.9. The normalized spacial score (nSPS) is 11.1. The van der Waals surface area contributed by atoms with Crippen LogP contribution in [-0.2, 0) is 23.1 Å². The van der Waals surface area contributed by atoms with Crippen molar-refractivity contribution in [1.82, 2.24) is 4.90 Å². The van der Waals surface area contributed by atoms with Crippen molar-refractivity contribution < 1.29 is 17.9 Å². The van der Waals surface area contributed by atoms with E-state index in [1.54, 1.807) is 29.2 Å². The molecule has 4 aromatic rings. The van der Waals surface area contributed by atoms with E-state index >= 15 is 0 Å². The van der Waals surface area contributed by atoms with Gasteiger partial charge in [0.05, 0.1) is 16.9 Å². The van der Waals surface area contributed by atoms with Crippen LogP contribution >= 0.6 is 11.3 Å². The van der Waals surface area contributed by atoms with E-state index in [1.165, 1.54) is 30.6 Å². The lowest BCUT2D eigenvalue weighted by Crippen LogP contribution is -2.30. The topological polar surface area (TPSA) is 79.0 Å². The molecule has 0 aliphatic carbocycles. The SMILES string of the molecule is COc1ccc(S(=O)(=O)Nc2ccc(N(C)C)c(CN(Cc3ccccc3)C(=O)c3cccs3)c2)cc1. The number of sulfonamides is 1. The minimum Gasteiger partial charge on any atom is -0.497 e. The molecule has 7 nitrogen and oxygen atoms in total. The van der Waals surface area contributed by atoms with Gasteiger partial charge in [-0.15, -0.1) is 11.3 Å². The van der Waals surface area contributed by atoms with Gasteiger partial charge in [-0.05, 0) is 65.0 Å². The highest BCUT2D eigenvalue weighted by atomic mass is 32.2. The van der Waals surface area contributed by atoms with E-state index in [9.17, 15) is 13.2 Å². The van der Waals surface area contributed by atoms with E-state index in [4.69, 9.17) is 4.74 Å². The van der Waals surface area contributed by atoms with Crippen molar-refractivity contribution in [2.24, 2.45) is 0 Å². The number of thiophene rings is 1. The fourth-order valence-electron chi connectivity index (χ4n) is 3.95. The van der Waals surface area contributed by atoms with E-state index in [0.29, 0.717) is 29.4 Å². The van der Waals surface area contributed by atoms with Crippen molar-refractivity contribution in [2.75, 3.05) is 30.8 Å². The summed E-state index contributed by atoms with van der Waals surface area (Å²) in [6, 6.07) is 25.1. The lowest BCUT2D eigenvalue weighted by atomic mass is 10.1. The van der Waals surface area contributed by atoms with E-state index in [2.05, 4.69) is 4.72 Å². The Morgan fingerprint density at radius 1 is 0.919 bits per heavy atom. The van der Waals surface area contributed by atoms with E-state index in [-0.39, 0.29) is 10.8 Å². The molecule has 9 heteroatoms. The number of ether oxygens (including phenoxy) is 1. The first-order valence-corrected chi connectivity index (χ1v) is 14.0. The molecule has 0 atom stereocenters. The summed E-state index contributed by atoms with van der Waals surface area (Å²) in [6.45, 7) is 0.726. The second-order valence-corrected chi connectivity index (χ2v) is 11.3. The Hall–Kier alpha value is -3.82. The van der Waals surface area contributed by atoms with E-state index < -0.39 is 10.0 Å². The van der Waals surface area contributed by atoms with Crippen LogP contribution in [0.3, 0.4) is 0 Å². The highest BCUT2D eigenvalue weighted by Gasteiger charge is 2.21. The second-order valence-electron chi connectivity index (χ2n) is 8.64. The van der Waals surface area contributed by atoms with Crippen LogP contribution in [0.15, 0.2) is 95.2 Å². The molecular formula is C28H29N3O4S2. The van der Waals surface area contributed by atoms with Crippen molar-refractivity contribution in [3.05, 3.63) is 106 Å². The number of nitrogens with zero attached hydrogens (tertiary/aromatic N) is 2. The summed E-state index contributed by atoms with van der Waals surface area (Å²) in [5, 5.41) is 1.88. The number of rotatable bonds is 10. The van der Waals surface area contributed by atoms with Crippen LogP contribution in [-0.4, -0.2) is 40.4 Å². The van der Waals surface area contributed by atoms with Gasteiger partial charge in [0.25, 0.3) is 15.9 Å². The van der Waals surface area contributed by atoms with Crippen LogP contribution in [0.25, 0.3) is 0 Å². The average Bonchev–Trinajstić information content (AvgIpc) is 3.43. The molecule has 1 amide bonds. The molecule has 0 bridgehead atoms. The first kappa shape index (κ1) is 26.2. The zero-order valence-corrected chi connectivity index (χ0v) is 22.6. The number of hydrogen-bond donors (Lipinski definition) is 1. The maximum atomic E-state index is 13.4. The molecule has 0 saturated heterocycles. The summed E-state index contributed by atoms with van der Waals surface area (Å²) in [5.74, 6) is 0.498. The smallest absolute Gasteiger partial charge is 0.264 e. The Morgan fingerprint density at radius 2 is 1.65 bits per heavy atom. The molecule has 0 fully saturated rings. The van der Waals surface area contributed by atoms with Gasteiger partial charge in [-0.1, -0.05) is 36.4 Å². The molecule has 1 heterocycles. The Labute approximate surface area is 222 Å². The highest BCUT2D eigenvalue weighted by Crippen LogP contribution is 2.28. The lowest BCUT2D eigenvalue weighted by molar-refractivity contribution is 0.0735. The first-order valence-electron chi connectivity index (χ1n) is 11.6.